The van der Waals surface area contributed by atoms with Crippen LogP contribution in [0.15, 0.2) is 0 Å². The van der Waals surface area contributed by atoms with Crippen molar-refractivity contribution < 1.29 is 4.39 Å². The maximum Gasteiger partial charge on any atom is 0.156 e. The Bertz CT molecular complexity index is 140. The van der Waals surface area contributed by atoms with Gasteiger partial charge in [-0.05, 0) is 12.7 Å². The first-order valence-electron chi connectivity index (χ1n) is 3.25. The third-order valence-electron chi connectivity index (χ3n) is 1.61. The summed E-state index contributed by atoms with van der Waals surface area (Å²) >= 11 is 1.37. The molecule has 0 aliphatic carbocycles. The maximum absolute atomic E-state index is 12.5. The Morgan fingerprint density at radius 3 is 2.90 bits per heavy atom. The fraction of sp³-hybridized carbons (Fsp3) is 0.833. The normalized spacial score (nSPS) is 25.4. The summed E-state index contributed by atoms with van der Waals surface area (Å²) in [5.74, 6) is 0. The van der Waals surface area contributed by atoms with E-state index in [1.807, 2.05) is 6.26 Å². The first-order chi connectivity index (χ1) is 4.74. The zero-order valence-electron chi connectivity index (χ0n) is 5.93. The van der Waals surface area contributed by atoms with Gasteiger partial charge in [0.2, 0.25) is 0 Å². The standard InChI is InChI=1S/C6H11FN2S/c1-10-6(8)9-3-2-5(7)4-9/h5,8H,2-4H2,1H3/t5-/m1/s1. The second-order valence-corrected chi connectivity index (χ2v) is 3.14. The highest BCUT2D eigenvalue weighted by molar-refractivity contribution is 8.13. The van der Waals surface area contributed by atoms with Gasteiger partial charge in [-0.2, -0.15) is 0 Å². The van der Waals surface area contributed by atoms with Crippen molar-refractivity contribution >= 4 is 16.9 Å². The zero-order chi connectivity index (χ0) is 7.56. The summed E-state index contributed by atoms with van der Waals surface area (Å²) in [6, 6.07) is 0. The Morgan fingerprint density at radius 2 is 2.50 bits per heavy atom. The van der Waals surface area contributed by atoms with Gasteiger partial charge in [0.15, 0.2) is 5.17 Å². The van der Waals surface area contributed by atoms with Crippen LogP contribution < -0.4 is 0 Å². The Labute approximate surface area is 64.3 Å². The summed E-state index contributed by atoms with van der Waals surface area (Å²) in [7, 11) is 0. The number of halogens is 1. The highest BCUT2D eigenvalue weighted by atomic mass is 32.2. The molecule has 1 aliphatic heterocycles. The molecule has 0 bridgehead atoms. The molecule has 0 unspecified atom stereocenters. The lowest BCUT2D eigenvalue weighted by Gasteiger charge is -2.15. The van der Waals surface area contributed by atoms with Gasteiger partial charge in [0.05, 0.1) is 6.54 Å². The van der Waals surface area contributed by atoms with E-state index >= 15 is 0 Å². The Kier molecular flexibility index (Phi) is 2.54. The van der Waals surface area contributed by atoms with Crippen LogP contribution in [0.5, 0.6) is 0 Å². The molecule has 1 atom stereocenters. The number of nitrogens with zero attached hydrogens (tertiary/aromatic N) is 1. The fourth-order valence-corrected chi connectivity index (χ4v) is 1.46. The molecule has 4 heteroatoms. The number of rotatable bonds is 0. The molecule has 0 aromatic heterocycles. The van der Waals surface area contributed by atoms with Crippen LogP contribution in [0.1, 0.15) is 6.42 Å². The lowest BCUT2D eigenvalue weighted by Crippen LogP contribution is -2.25. The molecule has 1 fully saturated rings. The van der Waals surface area contributed by atoms with Crippen LogP contribution in [0.4, 0.5) is 4.39 Å². The molecule has 1 heterocycles. The predicted octanol–water partition coefficient (Wildman–Crippen LogP) is 1.33. The number of likely N-dealkylation sites (tertiary alicyclic amines) is 1. The van der Waals surface area contributed by atoms with E-state index in [-0.39, 0.29) is 0 Å². The Hall–Kier alpha value is -0.250. The molecule has 0 aromatic carbocycles. The summed E-state index contributed by atoms with van der Waals surface area (Å²) in [6.07, 6.45) is 1.71. The van der Waals surface area contributed by atoms with Crippen molar-refractivity contribution in [2.75, 3.05) is 19.3 Å². The van der Waals surface area contributed by atoms with Crippen molar-refractivity contribution in [3.63, 3.8) is 0 Å². The third kappa shape index (κ3) is 1.62. The third-order valence-corrected chi connectivity index (χ3v) is 2.26. The monoisotopic (exact) mass is 162 g/mol. The first kappa shape index (κ1) is 7.85. The van der Waals surface area contributed by atoms with Crippen molar-refractivity contribution in [2.45, 2.75) is 12.6 Å². The molecule has 1 rings (SSSR count). The molecule has 1 saturated heterocycles. The average Bonchev–Trinajstić information content (AvgIpc) is 2.34. The van der Waals surface area contributed by atoms with E-state index < -0.39 is 6.17 Å². The molecular formula is C6H11FN2S. The number of hydrogen-bond acceptors (Lipinski definition) is 2. The van der Waals surface area contributed by atoms with Gasteiger partial charge in [-0.1, -0.05) is 11.8 Å². The number of hydrogen-bond donors (Lipinski definition) is 1. The van der Waals surface area contributed by atoms with Crippen LogP contribution in [-0.2, 0) is 0 Å². The average molecular weight is 162 g/mol. The molecule has 0 saturated carbocycles. The van der Waals surface area contributed by atoms with Crippen LogP contribution in [-0.4, -0.2) is 35.6 Å². The minimum absolute atomic E-state index is 0.416. The predicted molar refractivity (Wildman–Crippen MR) is 42.3 cm³/mol. The van der Waals surface area contributed by atoms with E-state index in [4.69, 9.17) is 5.41 Å². The van der Waals surface area contributed by atoms with Gasteiger partial charge in [0.1, 0.15) is 6.17 Å². The molecule has 0 amide bonds. The molecular weight excluding hydrogens is 151 g/mol. The molecule has 1 aliphatic rings. The van der Waals surface area contributed by atoms with Crippen LogP contribution in [0.3, 0.4) is 0 Å². The van der Waals surface area contributed by atoms with Gasteiger partial charge in [0.25, 0.3) is 0 Å². The van der Waals surface area contributed by atoms with E-state index in [2.05, 4.69) is 0 Å². The number of amidine groups is 1. The van der Waals surface area contributed by atoms with Crippen LogP contribution in [0.2, 0.25) is 0 Å². The van der Waals surface area contributed by atoms with Gasteiger partial charge in [-0.15, -0.1) is 0 Å². The summed E-state index contributed by atoms with van der Waals surface area (Å²) in [5.41, 5.74) is 0. The van der Waals surface area contributed by atoms with Crippen molar-refractivity contribution in [2.24, 2.45) is 0 Å². The van der Waals surface area contributed by atoms with Gasteiger partial charge in [-0.25, -0.2) is 4.39 Å². The molecule has 10 heavy (non-hydrogen) atoms. The second-order valence-electron chi connectivity index (χ2n) is 2.34. The molecule has 2 nitrogen and oxygen atoms in total. The largest absolute Gasteiger partial charge is 0.349 e. The van der Waals surface area contributed by atoms with Crippen molar-refractivity contribution in [1.82, 2.24) is 4.90 Å². The summed E-state index contributed by atoms with van der Waals surface area (Å²) < 4.78 is 12.5. The van der Waals surface area contributed by atoms with E-state index in [0.717, 1.165) is 0 Å². The lowest BCUT2D eigenvalue weighted by atomic mass is 10.4. The molecule has 58 valence electrons. The molecule has 0 radical (unpaired) electrons. The first-order valence-corrected chi connectivity index (χ1v) is 4.48. The minimum Gasteiger partial charge on any atom is -0.349 e. The zero-order valence-corrected chi connectivity index (χ0v) is 6.75. The smallest absolute Gasteiger partial charge is 0.156 e. The molecule has 0 aromatic rings. The summed E-state index contributed by atoms with van der Waals surface area (Å²) in [5, 5.41) is 7.83. The molecule has 1 N–H and O–H groups in total. The number of alkyl halides is 1. The highest BCUT2D eigenvalue weighted by Crippen LogP contribution is 2.15. The van der Waals surface area contributed by atoms with Gasteiger partial charge >= 0.3 is 0 Å². The summed E-state index contributed by atoms with van der Waals surface area (Å²) in [6.45, 7) is 1.13. The van der Waals surface area contributed by atoms with E-state index in [1.54, 1.807) is 4.90 Å². The Morgan fingerprint density at radius 1 is 1.80 bits per heavy atom. The number of nitrogens with one attached hydrogen (secondary N) is 1. The van der Waals surface area contributed by atoms with Crippen LogP contribution in [0, 0.1) is 5.41 Å². The van der Waals surface area contributed by atoms with E-state index in [0.29, 0.717) is 24.7 Å². The van der Waals surface area contributed by atoms with Crippen LogP contribution >= 0.6 is 11.8 Å². The fourth-order valence-electron chi connectivity index (χ4n) is 1.03. The van der Waals surface area contributed by atoms with Crippen molar-refractivity contribution in [3.05, 3.63) is 0 Å². The van der Waals surface area contributed by atoms with E-state index in [9.17, 15) is 4.39 Å². The van der Waals surface area contributed by atoms with Gasteiger partial charge in [0, 0.05) is 6.54 Å². The minimum atomic E-state index is -0.715. The van der Waals surface area contributed by atoms with E-state index in [1.165, 1.54) is 11.8 Å². The van der Waals surface area contributed by atoms with Crippen molar-refractivity contribution in [1.29, 1.82) is 5.41 Å². The highest BCUT2D eigenvalue weighted by Gasteiger charge is 2.22. The SMILES string of the molecule is CSC(=N)N1CC[C@@H](F)C1. The second kappa shape index (κ2) is 3.23. The number of thioether (sulfide) groups is 1. The quantitative estimate of drug-likeness (QED) is 0.429. The lowest BCUT2D eigenvalue weighted by molar-refractivity contribution is 0.343. The van der Waals surface area contributed by atoms with Crippen molar-refractivity contribution in [3.8, 4) is 0 Å². The van der Waals surface area contributed by atoms with Crippen LogP contribution in [0.25, 0.3) is 0 Å². The Balaban J connectivity index is 2.37. The van der Waals surface area contributed by atoms with Gasteiger partial charge < -0.3 is 4.90 Å². The topological polar surface area (TPSA) is 27.1 Å². The molecule has 0 spiro atoms. The summed E-state index contributed by atoms with van der Waals surface area (Å²) in [4.78, 5) is 1.77. The van der Waals surface area contributed by atoms with Gasteiger partial charge in [-0.3, -0.25) is 5.41 Å². The maximum atomic E-state index is 12.5.